The molecule has 0 N–H and O–H groups in total. The van der Waals surface area contributed by atoms with Gasteiger partial charge < -0.3 is 0 Å². The molecule has 19 heavy (non-hydrogen) atoms. The molecule has 3 heteroatoms. The van der Waals surface area contributed by atoms with Gasteiger partial charge in [0.1, 0.15) is 17.8 Å². The van der Waals surface area contributed by atoms with Crippen molar-refractivity contribution in [1.82, 2.24) is 0 Å². The summed E-state index contributed by atoms with van der Waals surface area (Å²) in [5, 5.41) is 0. The van der Waals surface area contributed by atoms with Crippen LogP contribution in [-0.4, -0.2) is 11.4 Å². The van der Waals surface area contributed by atoms with Crippen molar-refractivity contribution in [3.63, 3.8) is 0 Å². The first kappa shape index (κ1) is 13.6. The van der Waals surface area contributed by atoms with Crippen molar-refractivity contribution in [2.24, 2.45) is 5.41 Å². The van der Waals surface area contributed by atoms with Crippen LogP contribution in [0.25, 0.3) is 9.69 Å². The second-order valence-corrected chi connectivity index (χ2v) is 5.55. The Morgan fingerprint density at radius 2 is 2.00 bits per heavy atom. The van der Waals surface area contributed by atoms with Crippen LogP contribution in [-0.2, 0) is 4.79 Å². The fourth-order valence-corrected chi connectivity index (χ4v) is 3.15. The van der Waals surface area contributed by atoms with Crippen LogP contribution >= 0.6 is 0 Å². The molecule has 2 aliphatic carbocycles. The second kappa shape index (κ2) is 4.67. The van der Waals surface area contributed by atoms with Crippen LogP contribution in [0.4, 0.5) is 0 Å². The molecule has 0 aliphatic heterocycles. The summed E-state index contributed by atoms with van der Waals surface area (Å²) < 4.78 is 0. The van der Waals surface area contributed by atoms with E-state index in [0.29, 0.717) is 25.7 Å². The number of ketones is 1. The molecule has 0 fully saturated rings. The first-order valence-electron chi connectivity index (χ1n) is 6.72. The van der Waals surface area contributed by atoms with Gasteiger partial charge in [0.15, 0.2) is 0 Å². The van der Waals surface area contributed by atoms with Crippen molar-refractivity contribution < 1.29 is 4.79 Å². The zero-order valence-corrected chi connectivity index (χ0v) is 11.5. The van der Waals surface area contributed by atoms with Crippen molar-refractivity contribution in [2.45, 2.75) is 51.6 Å². The fourth-order valence-electron chi connectivity index (χ4n) is 3.15. The topological polar surface area (TPSA) is 25.8 Å². The summed E-state index contributed by atoms with van der Waals surface area (Å²) in [5.74, 6) is 0.176. The summed E-state index contributed by atoms with van der Waals surface area (Å²) in [6.45, 7) is 19.0. The standard InChI is InChI=1S/C16H18N2O/c1-5-12-9-10-15(2)13(7-6-8-14(15)19)16(11-12,17-3)18-4/h7,9H,5-6,8,10-11H2,1-2H3. The Morgan fingerprint density at radius 3 is 2.58 bits per heavy atom. The van der Waals surface area contributed by atoms with E-state index in [0.717, 1.165) is 17.6 Å². The number of hydrogen-bond donors (Lipinski definition) is 0. The average molecular weight is 254 g/mol. The lowest BCUT2D eigenvalue weighted by molar-refractivity contribution is -0.126. The van der Waals surface area contributed by atoms with Gasteiger partial charge in [0, 0.05) is 6.42 Å². The molecule has 0 amide bonds. The van der Waals surface area contributed by atoms with E-state index in [9.17, 15) is 4.79 Å². The van der Waals surface area contributed by atoms with Crippen molar-refractivity contribution in [3.8, 4) is 0 Å². The molecule has 2 rings (SSSR count). The Bertz CT molecular complexity index is 542. The fraction of sp³-hybridized carbons (Fsp3) is 0.562. The van der Waals surface area contributed by atoms with Gasteiger partial charge in [0.05, 0.1) is 5.41 Å². The van der Waals surface area contributed by atoms with Gasteiger partial charge in [0.2, 0.25) is 0 Å². The molecule has 0 bridgehead atoms. The highest BCUT2D eigenvalue weighted by molar-refractivity contribution is 5.90. The minimum absolute atomic E-state index is 0.176. The summed E-state index contributed by atoms with van der Waals surface area (Å²) in [6, 6.07) is 0. The van der Waals surface area contributed by atoms with E-state index in [2.05, 4.69) is 15.8 Å². The molecule has 1 unspecified atom stereocenters. The van der Waals surface area contributed by atoms with Crippen LogP contribution in [0.1, 0.15) is 46.0 Å². The number of allylic oxidation sites excluding steroid dienone is 2. The highest BCUT2D eigenvalue weighted by Gasteiger charge is 2.59. The molecular formula is C16H18N2O. The third-order valence-corrected chi connectivity index (χ3v) is 4.46. The lowest BCUT2D eigenvalue weighted by Crippen LogP contribution is -2.40. The molecule has 0 saturated heterocycles. The predicted molar refractivity (Wildman–Crippen MR) is 74.0 cm³/mol. The maximum Gasteiger partial charge on any atom is 0.510 e. The largest absolute Gasteiger partial charge is 0.510 e. The first-order valence-corrected chi connectivity index (χ1v) is 6.72. The van der Waals surface area contributed by atoms with Gasteiger partial charge in [-0.05, 0) is 26.2 Å². The number of rotatable bonds is 1. The molecule has 98 valence electrons. The Balaban J connectivity index is 2.65. The number of hydrogen-bond acceptors (Lipinski definition) is 1. The molecule has 1 atom stereocenters. The van der Waals surface area contributed by atoms with Gasteiger partial charge in [0.25, 0.3) is 0 Å². The Morgan fingerprint density at radius 1 is 1.32 bits per heavy atom. The Hall–Kier alpha value is -1.87. The van der Waals surface area contributed by atoms with Crippen LogP contribution in [0.5, 0.6) is 0 Å². The van der Waals surface area contributed by atoms with E-state index in [-0.39, 0.29) is 5.78 Å². The van der Waals surface area contributed by atoms with E-state index in [1.165, 1.54) is 0 Å². The van der Waals surface area contributed by atoms with Crippen LogP contribution in [0.2, 0.25) is 0 Å². The van der Waals surface area contributed by atoms with Crippen LogP contribution in [0, 0.1) is 18.6 Å². The highest BCUT2D eigenvalue weighted by atomic mass is 16.1. The van der Waals surface area contributed by atoms with Gasteiger partial charge >= 0.3 is 5.66 Å². The van der Waals surface area contributed by atoms with E-state index in [1.54, 1.807) is 0 Å². The van der Waals surface area contributed by atoms with Gasteiger partial charge in [-0.2, -0.15) is 0 Å². The van der Waals surface area contributed by atoms with Crippen molar-refractivity contribution in [2.75, 3.05) is 0 Å². The first-order chi connectivity index (χ1) is 9.02. The maximum atomic E-state index is 12.3. The smallest absolute Gasteiger partial charge is 0.299 e. The summed E-state index contributed by atoms with van der Waals surface area (Å²) in [5.41, 5.74) is 0.0326. The third-order valence-electron chi connectivity index (χ3n) is 4.46. The SMILES string of the molecule is [C-]#[N+]C1([N+]#[C-])CC(CC)=CCC2(C)C(=O)CCC=C12. The van der Waals surface area contributed by atoms with Crippen molar-refractivity contribution in [1.29, 1.82) is 0 Å². The summed E-state index contributed by atoms with van der Waals surface area (Å²) in [6.07, 6.45) is 7.17. The third kappa shape index (κ3) is 1.90. The zero-order chi connectivity index (χ0) is 14.1. The van der Waals surface area contributed by atoms with Gasteiger partial charge in [-0.25, -0.2) is 22.8 Å². The molecule has 0 saturated carbocycles. The quantitative estimate of drug-likeness (QED) is 0.514. The number of Topliss-reactive ketones (excluding diaryl/α,β-unsaturated/α-hetero) is 1. The molecule has 0 heterocycles. The summed E-state index contributed by atoms with van der Waals surface area (Å²) in [7, 11) is 0. The van der Waals surface area contributed by atoms with Gasteiger partial charge in [-0.3, -0.25) is 4.79 Å². The Kier molecular flexibility index (Phi) is 3.33. The molecule has 0 aromatic carbocycles. The number of carbonyl (C=O) groups is 1. The predicted octanol–water partition coefficient (Wildman–Crippen LogP) is 3.95. The number of carbonyl (C=O) groups excluding carboxylic acids is 1. The summed E-state index contributed by atoms with van der Waals surface area (Å²) >= 11 is 0. The second-order valence-electron chi connectivity index (χ2n) is 5.55. The van der Waals surface area contributed by atoms with E-state index in [4.69, 9.17) is 13.1 Å². The Labute approximate surface area is 114 Å². The lowest BCUT2D eigenvalue weighted by Gasteiger charge is -2.32. The molecule has 3 nitrogen and oxygen atoms in total. The molecule has 0 radical (unpaired) electrons. The molecule has 2 aliphatic rings. The van der Waals surface area contributed by atoms with Crippen LogP contribution < -0.4 is 0 Å². The molecular weight excluding hydrogens is 236 g/mol. The van der Waals surface area contributed by atoms with E-state index >= 15 is 0 Å². The van der Waals surface area contributed by atoms with Crippen molar-refractivity contribution >= 4 is 5.78 Å². The lowest BCUT2D eigenvalue weighted by atomic mass is 9.67. The normalized spacial score (nSPS) is 29.2. The zero-order valence-electron chi connectivity index (χ0n) is 11.5. The molecule has 0 spiro atoms. The highest BCUT2D eigenvalue weighted by Crippen LogP contribution is 2.50. The van der Waals surface area contributed by atoms with E-state index < -0.39 is 11.1 Å². The maximum absolute atomic E-state index is 12.3. The average Bonchev–Trinajstić information content (AvgIpc) is 2.56. The van der Waals surface area contributed by atoms with E-state index in [1.807, 2.05) is 19.9 Å². The molecule has 0 aromatic heterocycles. The minimum Gasteiger partial charge on any atom is -0.299 e. The molecule has 0 aromatic rings. The number of fused-ring (bicyclic) bond motifs is 1. The van der Waals surface area contributed by atoms with Crippen molar-refractivity contribution in [3.05, 3.63) is 46.1 Å². The van der Waals surface area contributed by atoms with Crippen LogP contribution in [0.15, 0.2) is 23.3 Å². The van der Waals surface area contributed by atoms with Gasteiger partial charge in [-0.1, -0.05) is 24.6 Å². The van der Waals surface area contributed by atoms with Gasteiger partial charge in [-0.15, -0.1) is 0 Å². The van der Waals surface area contributed by atoms with Crippen LogP contribution in [0.3, 0.4) is 0 Å². The summed E-state index contributed by atoms with van der Waals surface area (Å²) in [4.78, 5) is 19.7. The monoisotopic (exact) mass is 254 g/mol. The minimum atomic E-state index is -1.19. The number of nitrogens with zero attached hydrogens (tertiary/aromatic N) is 2.